The minimum Gasteiger partial charge on any atom is -0.494 e. The normalized spacial score (nSPS) is 26.9. The van der Waals surface area contributed by atoms with Gasteiger partial charge in [0, 0.05) is 12.5 Å². The first-order chi connectivity index (χ1) is 13.8. The van der Waals surface area contributed by atoms with E-state index in [1.807, 2.05) is 31.2 Å². The van der Waals surface area contributed by atoms with E-state index in [-0.39, 0.29) is 24.3 Å². The van der Waals surface area contributed by atoms with Crippen LogP contribution in [-0.2, 0) is 20.7 Å². The highest BCUT2D eigenvalue weighted by molar-refractivity contribution is 5.76. The maximum Gasteiger partial charge on any atom is 0.309 e. The van der Waals surface area contributed by atoms with Gasteiger partial charge in [0.25, 0.3) is 0 Å². The van der Waals surface area contributed by atoms with Crippen molar-refractivity contribution in [3.05, 3.63) is 29.8 Å². The van der Waals surface area contributed by atoms with Crippen molar-refractivity contribution in [3.63, 3.8) is 0 Å². The molecule has 3 aliphatic carbocycles. The Morgan fingerprint density at radius 3 is 2.52 bits per heavy atom. The lowest BCUT2D eigenvalue weighted by molar-refractivity contribution is -0.140. The van der Waals surface area contributed by atoms with Crippen molar-refractivity contribution in [2.24, 2.45) is 23.2 Å². The van der Waals surface area contributed by atoms with E-state index in [0.29, 0.717) is 30.3 Å². The van der Waals surface area contributed by atoms with Crippen LogP contribution in [0.15, 0.2) is 24.3 Å². The number of rotatable bonds is 9. The van der Waals surface area contributed by atoms with Crippen LogP contribution in [0.4, 0.5) is 0 Å². The number of esters is 1. The molecule has 5 nitrogen and oxygen atoms in total. The van der Waals surface area contributed by atoms with Crippen LogP contribution in [0.2, 0.25) is 0 Å². The molecule has 2 bridgehead atoms. The van der Waals surface area contributed by atoms with Gasteiger partial charge in [-0.3, -0.25) is 9.59 Å². The number of carbonyl (C=O) groups excluding carboxylic acids is 2. The van der Waals surface area contributed by atoms with Gasteiger partial charge < -0.3 is 14.8 Å². The summed E-state index contributed by atoms with van der Waals surface area (Å²) in [5.41, 5.74) is 1.24. The maximum absolute atomic E-state index is 12.3. The van der Waals surface area contributed by atoms with Gasteiger partial charge >= 0.3 is 5.97 Å². The standard InChI is InChI=1S/C24H35NO4/c1-5-6-21(26)25-23-17(14-18-15-20(23)24(18,2)3)11-12-29-19-9-7-16(8-10-19)13-22(27)28-4/h7-10,17-18,20,23H,5-6,11-15H2,1-4H3,(H,25,26). The second-order valence-electron chi connectivity index (χ2n) is 9.23. The predicted molar refractivity (Wildman–Crippen MR) is 113 cm³/mol. The van der Waals surface area contributed by atoms with Gasteiger partial charge in [0.05, 0.1) is 20.1 Å². The monoisotopic (exact) mass is 401 g/mol. The minimum absolute atomic E-state index is 0.186. The molecule has 29 heavy (non-hydrogen) atoms. The highest BCUT2D eigenvalue weighted by Gasteiger charge is 2.57. The highest BCUT2D eigenvalue weighted by Crippen LogP contribution is 2.61. The van der Waals surface area contributed by atoms with Crippen LogP contribution in [-0.4, -0.2) is 31.6 Å². The van der Waals surface area contributed by atoms with Gasteiger partial charge in [-0.2, -0.15) is 0 Å². The second kappa shape index (κ2) is 9.19. The Morgan fingerprint density at radius 1 is 1.17 bits per heavy atom. The maximum atomic E-state index is 12.3. The third-order valence-corrected chi connectivity index (χ3v) is 7.14. The molecular weight excluding hydrogens is 366 g/mol. The fourth-order valence-corrected chi connectivity index (χ4v) is 5.18. The molecular formula is C24H35NO4. The van der Waals surface area contributed by atoms with Crippen molar-refractivity contribution in [3.8, 4) is 5.75 Å². The average Bonchev–Trinajstić information content (AvgIpc) is 2.70. The summed E-state index contributed by atoms with van der Waals surface area (Å²) in [4.78, 5) is 23.6. The Bertz CT molecular complexity index is 712. The van der Waals surface area contributed by atoms with Crippen LogP contribution >= 0.6 is 0 Å². The summed E-state index contributed by atoms with van der Waals surface area (Å²) in [6, 6.07) is 7.87. The van der Waals surface area contributed by atoms with E-state index in [9.17, 15) is 9.59 Å². The molecule has 3 fully saturated rings. The van der Waals surface area contributed by atoms with E-state index >= 15 is 0 Å². The second-order valence-corrected chi connectivity index (χ2v) is 9.23. The number of hydrogen-bond donors (Lipinski definition) is 1. The molecule has 1 amide bonds. The predicted octanol–water partition coefficient (Wildman–Crippen LogP) is 4.14. The molecule has 3 saturated carbocycles. The summed E-state index contributed by atoms with van der Waals surface area (Å²) in [6.45, 7) is 7.40. The number of fused-ring (bicyclic) bond motifs is 2. The molecule has 5 heteroatoms. The van der Waals surface area contributed by atoms with Gasteiger partial charge in [0.1, 0.15) is 5.75 Å². The quantitative estimate of drug-likeness (QED) is 0.632. The molecule has 4 rings (SSSR count). The fourth-order valence-electron chi connectivity index (χ4n) is 5.18. The van der Waals surface area contributed by atoms with Crippen LogP contribution in [0.1, 0.15) is 58.4 Å². The number of amides is 1. The fraction of sp³-hybridized carbons (Fsp3) is 0.667. The van der Waals surface area contributed by atoms with Gasteiger partial charge in [-0.1, -0.05) is 32.9 Å². The molecule has 4 atom stereocenters. The Morgan fingerprint density at radius 2 is 1.90 bits per heavy atom. The number of nitrogens with one attached hydrogen (secondary N) is 1. The Kier molecular flexibility index (Phi) is 6.86. The van der Waals surface area contributed by atoms with Crippen LogP contribution in [0, 0.1) is 23.2 Å². The highest BCUT2D eigenvalue weighted by atomic mass is 16.5. The van der Waals surface area contributed by atoms with E-state index in [0.717, 1.165) is 30.1 Å². The van der Waals surface area contributed by atoms with Crippen molar-refractivity contribution >= 4 is 11.9 Å². The Balaban J connectivity index is 1.53. The molecule has 0 spiro atoms. The molecule has 160 valence electrons. The first-order valence-corrected chi connectivity index (χ1v) is 10.9. The topological polar surface area (TPSA) is 64.6 Å². The first-order valence-electron chi connectivity index (χ1n) is 10.9. The molecule has 0 aromatic heterocycles. The molecule has 0 saturated heterocycles. The van der Waals surface area contributed by atoms with E-state index < -0.39 is 0 Å². The summed E-state index contributed by atoms with van der Waals surface area (Å²) in [5.74, 6) is 2.57. The number of methoxy groups -OCH3 is 1. The molecule has 1 aromatic carbocycles. The number of benzene rings is 1. The number of ether oxygens (including phenoxy) is 2. The van der Waals surface area contributed by atoms with E-state index in [1.165, 1.54) is 20.0 Å². The Hall–Kier alpha value is -2.04. The summed E-state index contributed by atoms with van der Waals surface area (Å²) in [6.07, 6.45) is 5.12. The van der Waals surface area contributed by atoms with E-state index in [2.05, 4.69) is 19.2 Å². The first kappa shape index (κ1) is 21.7. The van der Waals surface area contributed by atoms with Crippen molar-refractivity contribution in [2.45, 2.75) is 65.3 Å². The van der Waals surface area contributed by atoms with Crippen molar-refractivity contribution in [2.75, 3.05) is 13.7 Å². The molecule has 0 radical (unpaired) electrons. The van der Waals surface area contributed by atoms with Gasteiger partial charge in [0.15, 0.2) is 0 Å². The zero-order valence-electron chi connectivity index (χ0n) is 18.2. The lowest BCUT2D eigenvalue weighted by Gasteiger charge is -2.62. The summed E-state index contributed by atoms with van der Waals surface area (Å²) >= 11 is 0. The van der Waals surface area contributed by atoms with Crippen LogP contribution in [0.25, 0.3) is 0 Å². The summed E-state index contributed by atoms with van der Waals surface area (Å²) in [7, 11) is 1.40. The van der Waals surface area contributed by atoms with Gasteiger partial charge in [-0.15, -0.1) is 0 Å². The largest absolute Gasteiger partial charge is 0.494 e. The van der Waals surface area contributed by atoms with Crippen molar-refractivity contribution < 1.29 is 19.1 Å². The third kappa shape index (κ3) is 4.93. The van der Waals surface area contributed by atoms with Crippen molar-refractivity contribution in [1.82, 2.24) is 5.32 Å². The van der Waals surface area contributed by atoms with E-state index in [1.54, 1.807) is 0 Å². The van der Waals surface area contributed by atoms with Gasteiger partial charge in [-0.25, -0.2) is 0 Å². The molecule has 4 unspecified atom stereocenters. The SMILES string of the molecule is CCCC(=O)NC1C(CCOc2ccc(CC(=O)OC)cc2)CC2CC1C2(C)C. The van der Waals surface area contributed by atoms with Crippen LogP contribution < -0.4 is 10.1 Å². The lowest BCUT2D eigenvalue weighted by Crippen LogP contribution is -2.63. The van der Waals surface area contributed by atoms with Gasteiger partial charge in [0.2, 0.25) is 5.91 Å². The summed E-state index contributed by atoms with van der Waals surface area (Å²) < 4.78 is 10.7. The number of carbonyl (C=O) groups is 2. The molecule has 1 aromatic rings. The molecule has 0 aliphatic heterocycles. The minimum atomic E-state index is -0.242. The third-order valence-electron chi connectivity index (χ3n) is 7.14. The number of hydrogen-bond acceptors (Lipinski definition) is 4. The zero-order chi connectivity index (χ0) is 21.0. The smallest absolute Gasteiger partial charge is 0.309 e. The summed E-state index contributed by atoms with van der Waals surface area (Å²) in [5, 5.41) is 3.35. The molecule has 1 N–H and O–H groups in total. The lowest BCUT2D eigenvalue weighted by atomic mass is 9.44. The molecule has 0 heterocycles. The average molecular weight is 402 g/mol. The van der Waals surface area contributed by atoms with E-state index in [4.69, 9.17) is 9.47 Å². The Labute approximate surface area is 174 Å². The van der Waals surface area contributed by atoms with Crippen molar-refractivity contribution in [1.29, 1.82) is 0 Å². The van der Waals surface area contributed by atoms with Crippen LogP contribution in [0.5, 0.6) is 5.75 Å². The van der Waals surface area contributed by atoms with Crippen LogP contribution in [0.3, 0.4) is 0 Å². The van der Waals surface area contributed by atoms with Gasteiger partial charge in [-0.05, 0) is 66.5 Å². The zero-order valence-corrected chi connectivity index (χ0v) is 18.2. The molecule has 3 aliphatic rings.